The van der Waals surface area contributed by atoms with Crippen molar-refractivity contribution in [2.24, 2.45) is 5.92 Å². The van der Waals surface area contributed by atoms with Gasteiger partial charge in [-0.1, -0.05) is 42.6 Å². The quantitative estimate of drug-likeness (QED) is 0.619. The molecule has 0 bridgehead atoms. The number of halogens is 1. The third-order valence-electron chi connectivity index (χ3n) is 7.46. The van der Waals surface area contributed by atoms with Gasteiger partial charge in [-0.25, -0.2) is 0 Å². The lowest BCUT2D eigenvalue weighted by molar-refractivity contribution is -0.125. The van der Waals surface area contributed by atoms with Crippen molar-refractivity contribution in [3.05, 3.63) is 70.2 Å². The molecule has 1 aliphatic carbocycles. The number of fused-ring (bicyclic) bond motifs is 1. The summed E-state index contributed by atoms with van der Waals surface area (Å²) in [5.74, 6) is 0.0684. The van der Waals surface area contributed by atoms with Gasteiger partial charge >= 0.3 is 0 Å². The minimum atomic E-state index is -0.491. The lowest BCUT2D eigenvalue weighted by Crippen LogP contribution is -2.49. The third kappa shape index (κ3) is 5.53. The maximum Gasteiger partial charge on any atom is 0.254 e. The predicted octanol–water partition coefficient (Wildman–Crippen LogP) is 4.91. The van der Waals surface area contributed by atoms with Gasteiger partial charge < -0.3 is 15.1 Å². The van der Waals surface area contributed by atoms with Crippen molar-refractivity contribution in [1.82, 2.24) is 15.1 Å². The molecule has 2 aromatic carbocycles. The summed E-state index contributed by atoms with van der Waals surface area (Å²) in [6.45, 7) is 4.29. The average molecular weight is 496 g/mol. The fourth-order valence-electron chi connectivity index (χ4n) is 5.27. The van der Waals surface area contributed by atoms with Crippen LogP contribution in [0.2, 0.25) is 5.02 Å². The van der Waals surface area contributed by atoms with Crippen molar-refractivity contribution in [2.75, 3.05) is 7.05 Å². The van der Waals surface area contributed by atoms with Crippen LogP contribution in [-0.4, -0.2) is 52.7 Å². The second kappa shape index (κ2) is 10.8. The van der Waals surface area contributed by atoms with Gasteiger partial charge in [0.15, 0.2) is 0 Å². The first-order chi connectivity index (χ1) is 16.8. The number of carbonyl (C=O) groups excluding carboxylic acids is 3. The van der Waals surface area contributed by atoms with Crippen LogP contribution in [0.1, 0.15) is 72.2 Å². The van der Waals surface area contributed by atoms with Crippen molar-refractivity contribution in [3.63, 3.8) is 0 Å². The number of nitrogens with zero attached hydrogens (tertiary/aromatic N) is 2. The van der Waals surface area contributed by atoms with E-state index in [0.29, 0.717) is 35.0 Å². The predicted molar refractivity (Wildman–Crippen MR) is 137 cm³/mol. The first-order valence-corrected chi connectivity index (χ1v) is 12.9. The number of amides is 3. The maximum atomic E-state index is 13.5. The monoisotopic (exact) mass is 495 g/mol. The highest BCUT2D eigenvalue weighted by Crippen LogP contribution is 2.40. The zero-order chi connectivity index (χ0) is 25.1. The van der Waals surface area contributed by atoms with E-state index in [1.165, 1.54) is 0 Å². The number of nitrogens with one attached hydrogen (secondary N) is 1. The summed E-state index contributed by atoms with van der Waals surface area (Å²) in [6.07, 6.45) is 4.89. The summed E-state index contributed by atoms with van der Waals surface area (Å²) in [6, 6.07) is 14.0. The number of benzene rings is 2. The summed E-state index contributed by atoms with van der Waals surface area (Å²) in [4.78, 5) is 42.8. The molecule has 3 amide bonds. The Balaban J connectivity index is 1.45. The number of likely N-dealkylation sites (tertiary alicyclic amines) is 1. The number of rotatable bonds is 6. The minimum absolute atomic E-state index is 0.0284. The van der Waals surface area contributed by atoms with Crippen LogP contribution in [-0.2, 0) is 11.3 Å². The molecular formula is C28H34ClN3O3. The van der Waals surface area contributed by atoms with Crippen LogP contribution in [0, 0.1) is 5.92 Å². The van der Waals surface area contributed by atoms with Gasteiger partial charge in [0.25, 0.3) is 11.8 Å². The Bertz CT molecular complexity index is 1090. The molecule has 7 heteroatoms. The number of carbonyl (C=O) groups is 3. The molecule has 0 aromatic heterocycles. The van der Waals surface area contributed by atoms with Gasteiger partial charge in [-0.2, -0.15) is 0 Å². The van der Waals surface area contributed by atoms with E-state index in [9.17, 15) is 14.4 Å². The first-order valence-electron chi connectivity index (χ1n) is 12.5. The van der Waals surface area contributed by atoms with Crippen molar-refractivity contribution in [1.29, 1.82) is 0 Å². The van der Waals surface area contributed by atoms with Crippen LogP contribution in [0.5, 0.6) is 0 Å². The molecule has 1 saturated carbocycles. The van der Waals surface area contributed by atoms with Gasteiger partial charge in [0.2, 0.25) is 5.91 Å². The number of hydrogen-bond acceptors (Lipinski definition) is 3. The second-order valence-electron chi connectivity index (χ2n) is 10.0. The lowest BCUT2D eigenvalue weighted by Gasteiger charge is -2.33. The zero-order valence-electron chi connectivity index (χ0n) is 20.7. The van der Waals surface area contributed by atoms with E-state index in [-0.39, 0.29) is 29.8 Å². The van der Waals surface area contributed by atoms with Crippen LogP contribution in [0.15, 0.2) is 48.5 Å². The average Bonchev–Trinajstić information content (AvgIpc) is 3.26. The molecule has 4 rings (SSSR count). The Morgan fingerprint density at radius 2 is 1.77 bits per heavy atom. The van der Waals surface area contributed by atoms with Crippen molar-refractivity contribution in [3.8, 4) is 0 Å². The summed E-state index contributed by atoms with van der Waals surface area (Å²) >= 11 is 6.14. The topological polar surface area (TPSA) is 69.7 Å². The zero-order valence-corrected chi connectivity index (χ0v) is 21.4. The number of hydrogen-bond donors (Lipinski definition) is 1. The fraction of sp³-hybridized carbons (Fsp3) is 0.464. The maximum absolute atomic E-state index is 13.5. The molecule has 186 valence electrons. The molecule has 2 fully saturated rings. The normalized spacial score (nSPS) is 21.5. The molecule has 1 heterocycles. The van der Waals surface area contributed by atoms with Gasteiger partial charge in [0.05, 0.1) is 0 Å². The Hall–Kier alpha value is -2.86. The lowest BCUT2D eigenvalue weighted by atomic mass is 9.84. The summed E-state index contributed by atoms with van der Waals surface area (Å²) in [5.41, 5.74) is 2.05. The third-order valence-corrected chi connectivity index (χ3v) is 7.69. The van der Waals surface area contributed by atoms with E-state index in [4.69, 9.17) is 11.6 Å². The standard InChI is InChI=1S/C28H34ClN3O3/c1-18(2)31(3)27(34)20-13-11-19(12-14-20)17-30-26(33)25-16-21-7-4-5-10-24(21)32(25)28(35)22-8-6-9-23(29)15-22/h6,8-9,11-15,18,21,24-25H,4-5,7,10,16-17H2,1-3H3,(H,30,33). The van der Waals surface area contributed by atoms with Crippen LogP contribution >= 0.6 is 11.6 Å². The first kappa shape index (κ1) is 25.2. The Labute approximate surface area is 212 Å². The molecular weight excluding hydrogens is 462 g/mol. The molecule has 2 aromatic rings. The van der Waals surface area contributed by atoms with Crippen LogP contribution in [0.4, 0.5) is 0 Å². The van der Waals surface area contributed by atoms with E-state index in [1.807, 2.05) is 30.9 Å². The molecule has 3 unspecified atom stereocenters. The Kier molecular flexibility index (Phi) is 7.80. The molecule has 0 radical (unpaired) electrons. The van der Waals surface area contributed by atoms with Crippen LogP contribution < -0.4 is 5.32 Å². The molecule has 1 N–H and O–H groups in total. The second-order valence-corrected chi connectivity index (χ2v) is 10.4. The van der Waals surface area contributed by atoms with Gasteiger partial charge in [-0.3, -0.25) is 14.4 Å². The highest BCUT2D eigenvalue weighted by molar-refractivity contribution is 6.31. The van der Waals surface area contributed by atoms with E-state index < -0.39 is 6.04 Å². The smallest absolute Gasteiger partial charge is 0.254 e. The summed E-state index contributed by atoms with van der Waals surface area (Å²) in [5, 5.41) is 3.55. The Morgan fingerprint density at radius 3 is 2.46 bits per heavy atom. The molecule has 35 heavy (non-hydrogen) atoms. The van der Waals surface area contributed by atoms with Gasteiger partial charge in [-0.15, -0.1) is 0 Å². The van der Waals surface area contributed by atoms with Gasteiger partial charge in [-0.05, 0) is 74.9 Å². The summed E-state index contributed by atoms with van der Waals surface area (Å²) in [7, 11) is 1.79. The molecule has 1 aliphatic heterocycles. The van der Waals surface area contributed by atoms with E-state index in [1.54, 1.807) is 48.3 Å². The Morgan fingerprint density at radius 1 is 1.06 bits per heavy atom. The molecule has 0 spiro atoms. The van der Waals surface area contributed by atoms with Crippen LogP contribution in [0.3, 0.4) is 0 Å². The van der Waals surface area contributed by atoms with E-state index in [2.05, 4.69) is 5.32 Å². The summed E-state index contributed by atoms with van der Waals surface area (Å²) < 4.78 is 0. The van der Waals surface area contributed by atoms with Crippen molar-refractivity contribution >= 4 is 29.3 Å². The molecule has 6 nitrogen and oxygen atoms in total. The molecule has 1 saturated heterocycles. The van der Waals surface area contributed by atoms with E-state index >= 15 is 0 Å². The minimum Gasteiger partial charge on any atom is -0.350 e. The highest BCUT2D eigenvalue weighted by atomic mass is 35.5. The van der Waals surface area contributed by atoms with Crippen molar-refractivity contribution < 1.29 is 14.4 Å². The fourth-order valence-corrected chi connectivity index (χ4v) is 5.46. The van der Waals surface area contributed by atoms with Crippen molar-refractivity contribution in [2.45, 2.75) is 70.6 Å². The molecule has 3 atom stereocenters. The van der Waals surface area contributed by atoms with Gasteiger partial charge in [0, 0.05) is 41.8 Å². The molecule has 2 aliphatic rings. The largest absolute Gasteiger partial charge is 0.350 e. The SMILES string of the molecule is CC(C)N(C)C(=O)c1ccc(CNC(=O)C2CC3CCCCC3N2C(=O)c2cccc(Cl)c2)cc1. The van der Waals surface area contributed by atoms with Crippen LogP contribution in [0.25, 0.3) is 0 Å². The highest BCUT2D eigenvalue weighted by Gasteiger charge is 2.47. The van der Waals surface area contributed by atoms with E-state index in [0.717, 1.165) is 31.2 Å². The van der Waals surface area contributed by atoms with Gasteiger partial charge in [0.1, 0.15) is 6.04 Å².